The number of amides is 2. The third-order valence-electron chi connectivity index (χ3n) is 3.55. The second-order valence-corrected chi connectivity index (χ2v) is 6.73. The Balaban J connectivity index is 1.63. The minimum absolute atomic E-state index is 0.0222. The molecule has 1 aromatic carbocycles. The highest BCUT2D eigenvalue weighted by Crippen LogP contribution is 2.18. The fourth-order valence-corrected chi connectivity index (χ4v) is 2.96. The molecule has 0 spiro atoms. The molecule has 0 atom stereocenters. The lowest BCUT2D eigenvalue weighted by Gasteiger charge is -2.08. The summed E-state index contributed by atoms with van der Waals surface area (Å²) in [6, 6.07) is 10.4. The van der Waals surface area contributed by atoms with Gasteiger partial charge in [-0.15, -0.1) is 0 Å². The van der Waals surface area contributed by atoms with Gasteiger partial charge >= 0.3 is 0 Å². The van der Waals surface area contributed by atoms with Gasteiger partial charge in [-0.05, 0) is 36.8 Å². The zero-order chi connectivity index (χ0) is 20.1. The van der Waals surface area contributed by atoms with Crippen LogP contribution in [0.2, 0.25) is 0 Å². The van der Waals surface area contributed by atoms with Crippen molar-refractivity contribution in [2.45, 2.75) is 12.1 Å². The third kappa shape index (κ3) is 4.80. The van der Waals surface area contributed by atoms with Gasteiger partial charge in [0.15, 0.2) is 22.4 Å². The van der Waals surface area contributed by atoms with Crippen LogP contribution in [0.1, 0.15) is 16.1 Å². The van der Waals surface area contributed by atoms with Gasteiger partial charge in [-0.2, -0.15) is 0 Å². The minimum Gasteiger partial charge on any atom is -0.459 e. The molecule has 28 heavy (non-hydrogen) atoms. The van der Waals surface area contributed by atoms with E-state index in [1.807, 2.05) is 25.1 Å². The number of anilines is 3. The van der Waals surface area contributed by atoms with Crippen LogP contribution in [0.4, 0.5) is 17.2 Å². The van der Waals surface area contributed by atoms with Crippen molar-refractivity contribution in [2.75, 3.05) is 22.1 Å². The summed E-state index contributed by atoms with van der Waals surface area (Å²) in [5.74, 6) is -0.988. The first-order valence-corrected chi connectivity index (χ1v) is 9.15. The van der Waals surface area contributed by atoms with Gasteiger partial charge in [0, 0.05) is 5.69 Å². The molecule has 0 saturated heterocycles. The Morgan fingerprint density at radius 1 is 1.25 bits per heavy atom. The Kier molecular flexibility index (Phi) is 5.80. The number of aromatic amines is 1. The van der Waals surface area contributed by atoms with Crippen molar-refractivity contribution in [3.05, 3.63) is 64.3 Å². The second-order valence-electron chi connectivity index (χ2n) is 5.77. The van der Waals surface area contributed by atoms with E-state index in [-0.39, 0.29) is 34.1 Å². The SMILES string of the molecule is Cc1cccc(NC(=O)CSc2nc(N)c(NC(=O)c3ccco3)c(=O)[nH]2)c1. The Morgan fingerprint density at radius 3 is 2.75 bits per heavy atom. The number of H-pyrrole nitrogens is 1. The number of thioether (sulfide) groups is 1. The molecule has 2 heterocycles. The predicted molar refractivity (Wildman–Crippen MR) is 106 cm³/mol. The molecule has 0 fully saturated rings. The van der Waals surface area contributed by atoms with E-state index in [1.54, 1.807) is 12.1 Å². The van der Waals surface area contributed by atoms with Crippen molar-refractivity contribution in [3.8, 4) is 0 Å². The number of nitrogens with two attached hydrogens (primary N) is 1. The van der Waals surface area contributed by atoms with Crippen LogP contribution in [0.5, 0.6) is 0 Å². The molecule has 0 aliphatic heterocycles. The lowest BCUT2D eigenvalue weighted by molar-refractivity contribution is -0.113. The van der Waals surface area contributed by atoms with E-state index in [0.717, 1.165) is 17.3 Å². The largest absolute Gasteiger partial charge is 0.459 e. The Morgan fingerprint density at radius 2 is 2.07 bits per heavy atom. The molecule has 2 amide bonds. The molecule has 3 rings (SSSR count). The molecular formula is C18H17N5O4S. The van der Waals surface area contributed by atoms with E-state index in [0.29, 0.717) is 5.69 Å². The molecule has 10 heteroatoms. The molecule has 5 N–H and O–H groups in total. The van der Waals surface area contributed by atoms with Crippen LogP contribution in [-0.2, 0) is 4.79 Å². The third-order valence-corrected chi connectivity index (χ3v) is 4.42. The number of aryl methyl sites for hydroxylation is 1. The summed E-state index contributed by atoms with van der Waals surface area (Å²) in [5, 5.41) is 5.28. The summed E-state index contributed by atoms with van der Waals surface area (Å²) in [4.78, 5) is 42.8. The van der Waals surface area contributed by atoms with E-state index in [1.165, 1.54) is 12.3 Å². The highest BCUT2D eigenvalue weighted by atomic mass is 32.2. The standard InChI is InChI=1S/C18H17N5O4S/c1-10-4-2-5-11(8-10)20-13(24)9-28-18-22-15(19)14(17(26)23-18)21-16(25)12-6-3-7-27-12/h2-8H,9H2,1H3,(H,20,24)(H,21,25)(H3,19,22,23,26). The van der Waals surface area contributed by atoms with Crippen LogP contribution in [0, 0.1) is 6.92 Å². The van der Waals surface area contributed by atoms with Crippen molar-refractivity contribution in [1.29, 1.82) is 0 Å². The Bertz CT molecular complexity index is 1060. The molecule has 144 valence electrons. The summed E-state index contributed by atoms with van der Waals surface area (Å²) >= 11 is 1.02. The van der Waals surface area contributed by atoms with Crippen LogP contribution in [-0.4, -0.2) is 27.5 Å². The molecule has 0 saturated carbocycles. The monoisotopic (exact) mass is 399 g/mol. The molecule has 0 unspecified atom stereocenters. The van der Waals surface area contributed by atoms with Crippen LogP contribution < -0.4 is 21.9 Å². The van der Waals surface area contributed by atoms with Gasteiger partial charge < -0.3 is 20.8 Å². The molecular weight excluding hydrogens is 382 g/mol. The first kappa shape index (κ1) is 19.2. The Labute approximate surface area is 163 Å². The number of furan rings is 1. The molecule has 0 aliphatic rings. The van der Waals surface area contributed by atoms with Crippen molar-refractivity contribution in [2.24, 2.45) is 0 Å². The van der Waals surface area contributed by atoms with Gasteiger partial charge in [0.1, 0.15) is 0 Å². The number of aromatic nitrogens is 2. The number of nitrogen functional groups attached to an aromatic ring is 1. The number of nitrogens with one attached hydrogen (secondary N) is 3. The first-order chi connectivity index (χ1) is 13.4. The van der Waals surface area contributed by atoms with Gasteiger partial charge in [0.2, 0.25) is 5.91 Å². The second kappa shape index (κ2) is 8.44. The minimum atomic E-state index is -0.631. The number of carbonyl (C=O) groups excluding carboxylic acids is 2. The van der Waals surface area contributed by atoms with E-state index >= 15 is 0 Å². The van der Waals surface area contributed by atoms with Gasteiger partial charge in [-0.3, -0.25) is 19.4 Å². The van der Waals surface area contributed by atoms with Gasteiger partial charge in [-0.25, -0.2) is 4.98 Å². The average molecular weight is 399 g/mol. The number of hydrogen-bond acceptors (Lipinski definition) is 7. The lowest BCUT2D eigenvalue weighted by atomic mass is 10.2. The maximum atomic E-state index is 12.2. The summed E-state index contributed by atoms with van der Waals surface area (Å²) in [6.45, 7) is 1.92. The zero-order valence-corrected chi connectivity index (χ0v) is 15.6. The van der Waals surface area contributed by atoms with E-state index < -0.39 is 11.5 Å². The smallest absolute Gasteiger partial charge is 0.291 e. The number of nitrogens with zero attached hydrogens (tertiary/aromatic N) is 1. The van der Waals surface area contributed by atoms with E-state index in [4.69, 9.17) is 10.2 Å². The van der Waals surface area contributed by atoms with Gasteiger partial charge in [0.05, 0.1) is 12.0 Å². The van der Waals surface area contributed by atoms with E-state index in [9.17, 15) is 14.4 Å². The summed E-state index contributed by atoms with van der Waals surface area (Å²) in [7, 11) is 0. The predicted octanol–water partition coefficient (Wildman–Crippen LogP) is 2.24. The normalized spacial score (nSPS) is 10.5. The van der Waals surface area contributed by atoms with Crippen molar-refractivity contribution in [3.63, 3.8) is 0 Å². The number of benzene rings is 1. The van der Waals surface area contributed by atoms with Crippen molar-refractivity contribution >= 4 is 40.8 Å². The molecule has 0 aliphatic carbocycles. The van der Waals surface area contributed by atoms with Crippen LogP contribution in [0.25, 0.3) is 0 Å². The topological polar surface area (TPSA) is 143 Å². The average Bonchev–Trinajstić information content (AvgIpc) is 3.18. The number of rotatable bonds is 6. The van der Waals surface area contributed by atoms with Gasteiger partial charge in [0.25, 0.3) is 11.5 Å². The maximum Gasteiger partial charge on any atom is 0.291 e. The van der Waals surface area contributed by atoms with Crippen molar-refractivity contribution < 1.29 is 14.0 Å². The van der Waals surface area contributed by atoms with Crippen LogP contribution in [0.15, 0.2) is 57.0 Å². The fraction of sp³-hybridized carbons (Fsp3) is 0.111. The van der Waals surface area contributed by atoms with Crippen LogP contribution in [0.3, 0.4) is 0 Å². The molecule has 0 radical (unpaired) electrons. The Hall–Kier alpha value is -3.53. The van der Waals surface area contributed by atoms with Crippen molar-refractivity contribution in [1.82, 2.24) is 9.97 Å². The molecule has 3 aromatic rings. The summed E-state index contributed by atoms with van der Waals surface area (Å²) in [5.41, 5.74) is 6.67. The molecule has 0 bridgehead atoms. The summed E-state index contributed by atoms with van der Waals surface area (Å²) in [6.07, 6.45) is 1.34. The van der Waals surface area contributed by atoms with Gasteiger partial charge in [-0.1, -0.05) is 23.9 Å². The quantitative estimate of drug-likeness (QED) is 0.368. The molecule has 9 nitrogen and oxygen atoms in total. The number of hydrogen-bond donors (Lipinski definition) is 4. The number of carbonyl (C=O) groups is 2. The van der Waals surface area contributed by atoms with Crippen LogP contribution >= 0.6 is 11.8 Å². The molecule has 2 aromatic heterocycles. The summed E-state index contributed by atoms with van der Waals surface area (Å²) < 4.78 is 4.96. The first-order valence-electron chi connectivity index (χ1n) is 8.16. The van der Waals surface area contributed by atoms with E-state index in [2.05, 4.69) is 20.6 Å². The zero-order valence-electron chi connectivity index (χ0n) is 14.8. The fourth-order valence-electron chi connectivity index (χ4n) is 2.30. The maximum absolute atomic E-state index is 12.2. The lowest BCUT2D eigenvalue weighted by Crippen LogP contribution is -2.23. The highest BCUT2D eigenvalue weighted by Gasteiger charge is 2.16. The highest BCUT2D eigenvalue weighted by molar-refractivity contribution is 7.99.